The molecule has 2 heterocycles. The number of nitrogens with zero attached hydrogens (tertiary/aromatic N) is 3. The lowest BCUT2D eigenvalue weighted by atomic mass is 9.82. The van der Waals surface area contributed by atoms with Crippen molar-refractivity contribution in [2.45, 2.75) is 57.9 Å². The van der Waals surface area contributed by atoms with Crippen molar-refractivity contribution in [3.8, 4) is 0 Å². The van der Waals surface area contributed by atoms with Gasteiger partial charge in [0.1, 0.15) is 5.54 Å². The minimum atomic E-state index is -0.859. The van der Waals surface area contributed by atoms with E-state index in [9.17, 15) is 19.2 Å². The molecule has 0 unspecified atom stereocenters. The number of carbonyl (C=O) groups is 4. The predicted molar refractivity (Wildman–Crippen MR) is 108 cm³/mol. The van der Waals surface area contributed by atoms with Crippen LogP contribution in [0.1, 0.15) is 52.4 Å². The molecule has 0 aromatic heterocycles. The van der Waals surface area contributed by atoms with Gasteiger partial charge in [0.05, 0.1) is 13.2 Å². The van der Waals surface area contributed by atoms with Crippen LogP contribution < -0.4 is 10.7 Å². The van der Waals surface area contributed by atoms with Crippen LogP contribution in [0, 0.1) is 5.92 Å². The second-order valence-corrected chi connectivity index (χ2v) is 8.84. The number of ether oxygens (including phenoxy) is 1. The second kappa shape index (κ2) is 9.63. The Morgan fingerprint density at radius 2 is 1.80 bits per heavy atom. The first kappa shape index (κ1) is 22.3. The first-order chi connectivity index (χ1) is 14.3. The number of hydrogen-bond donors (Lipinski definition) is 2. The van der Waals surface area contributed by atoms with Crippen LogP contribution in [0.25, 0.3) is 0 Å². The summed E-state index contributed by atoms with van der Waals surface area (Å²) in [7, 11) is 0. The Morgan fingerprint density at radius 1 is 1.07 bits per heavy atom. The number of urea groups is 1. The summed E-state index contributed by atoms with van der Waals surface area (Å²) < 4.78 is 5.28. The standard InChI is InChI=1S/C20H33N5O5/c1-15(2)14-30-19(29)24-10-6-9-23(11-12-24)13-16(26)22-25-17(27)20(21-18(25)28)7-4-3-5-8-20/h15H,3-14H2,1-2H3,(H,21,28)(H,22,26). The third-order valence-corrected chi connectivity index (χ3v) is 5.86. The lowest BCUT2D eigenvalue weighted by Gasteiger charge is -2.30. The molecular formula is C20H33N5O5. The highest BCUT2D eigenvalue weighted by molar-refractivity contribution is 6.08. The molecule has 2 aliphatic heterocycles. The molecule has 5 amide bonds. The summed E-state index contributed by atoms with van der Waals surface area (Å²) in [5, 5.41) is 3.61. The molecule has 0 aromatic rings. The van der Waals surface area contributed by atoms with E-state index in [1.165, 1.54) is 0 Å². The van der Waals surface area contributed by atoms with Crippen molar-refractivity contribution >= 4 is 23.9 Å². The van der Waals surface area contributed by atoms with Crippen molar-refractivity contribution in [3.63, 3.8) is 0 Å². The minimum absolute atomic E-state index is 0.0545. The van der Waals surface area contributed by atoms with E-state index in [1.807, 2.05) is 18.7 Å². The Hall–Kier alpha value is -2.36. The normalized spacial score (nSPS) is 22.2. The molecule has 10 heteroatoms. The van der Waals surface area contributed by atoms with Gasteiger partial charge in [-0.05, 0) is 25.2 Å². The van der Waals surface area contributed by atoms with E-state index in [1.54, 1.807) is 4.90 Å². The zero-order valence-corrected chi connectivity index (χ0v) is 17.9. The molecule has 0 atom stereocenters. The highest BCUT2D eigenvalue weighted by Crippen LogP contribution is 2.32. The quantitative estimate of drug-likeness (QED) is 0.640. The van der Waals surface area contributed by atoms with Gasteiger partial charge in [-0.25, -0.2) is 9.59 Å². The van der Waals surface area contributed by atoms with Crippen molar-refractivity contribution in [1.82, 2.24) is 25.6 Å². The van der Waals surface area contributed by atoms with Crippen LogP contribution in [0.15, 0.2) is 0 Å². The molecular weight excluding hydrogens is 390 g/mol. The fourth-order valence-electron chi connectivity index (χ4n) is 4.22. The Bertz CT molecular complexity index is 676. The van der Waals surface area contributed by atoms with Gasteiger partial charge in [-0.1, -0.05) is 33.1 Å². The third-order valence-electron chi connectivity index (χ3n) is 5.86. The number of amides is 5. The van der Waals surface area contributed by atoms with E-state index in [-0.39, 0.29) is 24.5 Å². The van der Waals surface area contributed by atoms with E-state index in [2.05, 4.69) is 10.7 Å². The number of imide groups is 1. The molecule has 0 aromatic carbocycles. The Kier molecular flexibility index (Phi) is 7.17. The van der Waals surface area contributed by atoms with E-state index in [0.29, 0.717) is 45.6 Å². The van der Waals surface area contributed by atoms with Gasteiger partial charge in [-0.2, -0.15) is 5.01 Å². The second-order valence-electron chi connectivity index (χ2n) is 8.84. The molecule has 0 radical (unpaired) electrons. The SMILES string of the molecule is CC(C)COC(=O)N1CCCN(CC(=O)NN2C(=O)NC3(CCCCC3)C2=O)CC1. The lowest BCUT2D eigenvalue weighted by molar-refractivity contribution is -0.140. The Morgan fingerprint density at radius 3 is 2.50 bits per heavy atom. The summed E-state index contributed by atoms with van der Waals surface area (Å²) >= 11 is 0. The molecule has 1 aliphatic carbocycles. The van der Waals surface area contributed by atoms with E-state index in [0.717, 1.165) is 30.7 Å². The molecule has 2 saturated heterocycles. The van der Waals surface area contributed by atoms with Crippen molar-refractivity contribution < 1.29 is 23.9 Å². The maximum absolute atomic E-state index is 12.8. The van der Waals surface area contributed by atoms with Gasteiger partial charge in [0.15, 0.2) is 0 Å². The largest absolute Gasteiger partial charge is 0.449 e. The third kappa shape index (κ3) is 5.21. The van der Waals surface area contributed by atoms with Crippen LogP contribution in [-0.4, -0.2) is 83.6 Å². The summed E-state index contributed by atoms with van der Waals surface area (Å²) in [6.07, 6.45) is 4.43. The van der Waals surface area contributed by atoms with E-state index < -0.39 is 17.5 Å². The average molecular weight is 424 g/mol. The van der Waals surface area contributed by atoms with Crippen LogP contribution in [-0.2, 0) is 14.3 Å². The van der Waals surface area contributed by atoms with Crippen molar-refractivity contribution in [3.05, 3.63) is 0 Å². The van der Waals surface area contributed by atoms with Gasteiger partial charge in [0.25, 0.3) is 11.8 Å². The molecule has 168 valence electrons. The van der Waals surface area contributed by atoms with Gasteiger partial charge in [-0.3, -0.25) is 19.9 Å². The topological polar surface area (TPSA) is 111 Å². The molecule has 3 aliphatic rings. The van der Waals surface area contributed by atoms with Gasteiger partial charge in [0, 0.05) is 26.2 Å². The molecule has 1 spiro atoms. The smallest absolute Gasteiger partial charge is 0.409 e. The fourth-order valence-corrected chi connectivity index (χ4v) is 4.22. The number of rotatable bonds is 5. The summed E-state index contributed by atoms with van der Waals surface area (Å²) in [6, 6.07) is -0.565. The van der Waals surface area contributed by atoms with Gasteiger partial charge in [0.2, 0.25) is 0 Å². The molecule has 1 saturated carbocycles. The molecule has 3 rings (SSSR count). The monoisotopic (exact) mass is 423 g/mol. The van der Waals surface area contributed by atoms with Crippen LogP contribution in [0.2, 0.25) is 0 Å². The zero-order valence-electron chi connectivity index (χ0n) is 17.9. The summed E-state index contributed by atoms with van der Waals surface area (Å²) in [6.45, 7) is 6.61. The number of carbonyl (C=O) groups excluding carboxylic acids is 4. The highest BCUT2D eigenvalue weighted by atomic mass is 16.6. The van der Waals surface area contributed by atoms with Crippen molar-refractivity contribution in [2.75, 3.05) is 39.3 Å². The molecule has 10 nitrogen and oxygen atoms in total. The Balaban J connectivity index is 1.47. The zero-order chi connectivity index (χ0) is 21.7. The van der Waals surface area contributed by atoms with Crippen LogP contribution >= 0.6 is 0 Å². The van der Waals surface area contributed by atoms with Crippen LogP contribution in [0.3, 0.4) is 0 Å². The van der Waals surface area contributed by atoms with Gasteiger partial charge >= 0.3 is 12.1 Å². The highest BCUT2D eigenvalue weighted by Gasteiger charge is 2.52. The van der Waals surface area contributed by atoms with Gasteiger partial charge in [-0.15, -0.1) is 0 Å². The predicted octanol–water partition coefficient (Wildman–Crippen LogP) is 1.07. The van der Waals surface area contributed by atoms with E-state index >= 15 is 0 Å². The Labute approximate surface area is 177 Å². The minimum Gasteiger partial charge on any atom is -0.449 e. The first-order valence-electron chi connectivity index (χ1n) is 10.9. The first-order valence-corrected chi connectivity index (χ1v) is 10.9. The maximum Gasteiger partial charge on any atom is 0.409 e. The number of hydrazine groups is 1. The summed E-state index contributed by atoms with van der Waals surface area (Å²) in [5.41, 5.74) is 1.61. The maximum atomic E-state index is 12.8. The van der Waals surface area contributed by atoms with Gasteiger partial charge < -0.3 is 15.0 Å². The number of nitrogens with one attached hydrogen (secondary N) is 2. The van der Waals surface area contributed by atoms with Crippen LogP contribution in [0.4, 0.5) is 9.59 Å². The summed E-state index contributed by atoms with van der Waals surface area (Å²) in [4.78, 5) is 53.3. The molecule has 30 heavy (non-hydrogen) atoms. The number of hydrogen-bond acceptors (Lipinski definition) is 6. The van der Waals surface area contributed by atoms with Crippen LogP contribution in [0.5, 0.6) is 0 Å². The molecule has 0 bridgehead atoms. The summed E-state index contributed by atoms with van der Waals surface area (Å²) in [5.74, 6) is -0.503. The average Bonchev–Trinajstić information content (AvgIpc) is 2.87. The van der Waals surface area contributed by atoms with Crippen molar-refractivity contribution in [1.29, 1.82) is 0 Å². The lowest BCUT2D eigenvalue weighted by Crippen LogP contribution is -2.52. The molecule has 3 fully saturated rings. The van der Waals surface area contributed by atoms with E-state index in [4.69, 9.17) is 4.74 Å². The molecule has 2 N–H and O–H groups in total. The van der Waals surface area contributed by atoms with Crippen molar-refractivity contribution in [2.24, 2.45) is 5.92 Å². The fraction of sp³-hybridized carbons (Fsp3) is 0.800.